The maximum absolute atomic E-state index is 14.4. The molecule has 47 heavy (non-hydrogen) atoms. The highest BCUT2D eigenvalue weighted by molar-refractivity contribution is 5.92. The van der Waals surface area contributed by atoms with Gasteiger partial charge in [-0.05, 0) is 41.6 Å². The molecule has 0 bridgehead atoms. The van der Waals surface area contributed by atoms with Crippen molar-refractivity contribution in [2.45, 2.75) is 57.7 Å². The number of aliphatic hydroxyl groups excluding tert-OH is 1. The first-order valence-corrected chi connectivity index (χ1v) is 16.5. The molecule has 3 amide bonds. The molecule has 1 heterocycles. The van der Waals surface area contributed by atoms with Crippen molar-refractivity contribution in [3.8, 4) is 11.1 Å². The van der Waals surface area contributed by atoms with Crippen molar-refractivity contribution in [1.82, 2.24) is 20.4 Å². The molecule has 0 saturated carbocycles. The number of rotatable bonds is 16. The van der Waals surface area contributed by atoms with Gasteiger partial charge in [0.2, 0.25) is 17.7 Å². The number of hydrogen-bond donors (Lipinski definition) is 3. The molecule has 0 aromatic heterocycles. The van der Waals surface area contributed by atoms with Crippen LogP contribution in [0.2, 0.25) is 0 Å². The lowest BCUT2D eigenvalue weighted by Gasteiger charge is -2.35. The Bertz CT molecular complexity index is 1430. The van der Waals surface area contributed by atoms with Gasteiger partial charge in [-0.15, -0.1) is 0 Å². The number of hydrogen-bond acceptors (Lipinski definition) is 6. The summed E-state index contributed by atoms with van der Waals surface area (Å²) in [7, 11) is 3.25. The molecule has 4 rings (SSSR count). The Morgan fingerprint density at radius 1 is 0.872 bits per heavy atom. The second kappa shape index (κ2) is 17.2. The fourth-order valence-electron chi connectivity index (χ4n) is 5.67. The van der Waals surface area contributed by atoms with Crippen LogP contribution >= 0.6 is 0 Å². The highest BCUT2D eigenvalue weighted by atomic mass is 16.5. The first-order chi connectivity index (χ1) is 22.6. The van der Waals surface area contributed by atoms with Crippen LogP contribution in [0.1, 0.15) is 37.8 Å². The Morgan fingerprint density at radius 2 is 1.47 bits per heavy atom. The number of nitrogens with one attached hydrogen (secondary N) is 2. The van der Waals surface area contributed by atoms with E-state index in [0.717, 1.165) is 41.6 Å². The molecule has 0 aliphatic carbocycles. The lowest BCUT2D eigenvalue weighted by Crippen LogP contribution is -2.57. The molecular formula is C38H50N4O5. The molecule has 1 aliphatic rings. The van der Waals surface area contributed by atoms with Crippen LogP contribution in [0.4, 0.5) is 0 Å². The van der Waals surface area contributed by atoms with Crippen molar-refractivity contribution >= 4 is 17.7 Å². The molecule has 1 saturated heterocycles. The number of carbonyl (C=O) groups is 3. The lowest BCUT2D eigenvalue weighted by molar-refractivity contribution is -0.149. The summed E-state index contributed by atoms with van der Waals surface area (Å²) in [6.45, 7) is 5.11. The van der Waals surface area contributed by atoms with Gasteiger partial charge in [0.25, 0.3) is 0 Å². The van der Waals surface area contributed by atoms with E-state index >= 15 is 0 Å². The highest BCUT2D eigenvalue weighted by Crippen LogP contribution is 2.22. The molecule has 3 atom stereocenters. The zero-order chi connectivity index (χ0) is 33.8. The fourth-order valence-corrected chi connectivity index (χ4v) is 5.67. The van der Waals surface area contributed by atoms with Crippen molar-refractivity contribution < 1.29 is 24.2 Å². The van der Waals surface area contributed by atoms with Crippen LogP contribution in [0.15, 0.2) is 84.9 Å². The molecule has 252 valence electrons. The van der Waals surface area contributed by atoms with Crippen LogP contribution in [-0.2, 0) is 32.0 Å². The third kappa shape index (κ3) is 10.5. The number of amides is 3. The van der Waals surface area contributed by atoms with E-state index < -0.39 is 17.5 Å². The minimum Gasteiger partial charge on any atom is -0.396 e. The first kappa shape index (κ1) is 35.8. The average Bonchev–Trinajstić information content (AvgIpc) is 3.62. The van der Waals surface area contributed by atoms with Crippen molar-refractivity contribution in [3.05, 3.63) is 96.1 Å². The number of ether oxygens (including phenoxy) is 1. The quantitative estimate of drug-likeness (QED) is 0.220. The van der Waals surface area contributed by atoms with E-state index in [0.29, 0.717) is 13.0 Å². The topological polar surface area (TPSA) is 111 Å². The highest BCUT2D eigenvalue weighted by Gasteiger charge is 2.35. The molecular weight excluding hydrogens is 592 g/mol. The molecule has 3 aromatic rings. The van der Waals surface area contributed by atoms with Crippen LogP contribution in [0.5, 0.6) is 0 Å². The summed E-state index contributed by atoms with van der Waals surface area (Å²) < 4.78 is 5.78. The zero-order valence-corrected chi connectivity index (χ0v) is 28.2. The fraction of sp³-hybridized carbons (Fsp3) is 0.447. The number of carbonyl (C=O) groups excluding carboxylic acids is 3. The maximum Gasteiger partial charge on any atom is 0.249 e. The van der Waals surface area contributed by atoms with E-state index in [-0.39, 0.29) is 49.9 Å². The van der Waals surface area contributed by atoms with Crippen molar-refractivity contribution in [2.75, 3.05) is 47.0 Å². The predicted molar refractivity (Wildman–Crippen MR) is 185 cm³/mol. The third-order valence-electron chi connectivity index (χ3n) is 8.90. The van der Waals surface area contributed by atoms with E-state index in [2.05, 4.69) is 10.6 Å². The number of aliphatic hydroxyl groups is 1. The number of likely N-dealkylation sites (N-methyl/N-ethyl adjacent to an activating group) is 2. The summed E-state index contributed by atoms with van der Waals surface area (Å²) in [6.07, 6.45) is 2.66. The Balaban J connectivity index is 1.57. The molecule has 9 heteroatoms. The Hall–Kier alpha value is -4.05. The van der Waals surface area contributed by atoms with Gasteiger partial charge in [0, 0.05) is 51.5 Å². The molecule has 1 aliphatic heterocycles. The predicted octanol–water partition coefficient (Wildman–Crippen LogP) is 3.70. The largest absolute Gasteiger partial charge is 0.396 e. The van der Waals surface area contributed by atoms with Crippen LogP contribution in [0.3, 0.4) is 0 Å². The van der Waals surface area contributed by atoms with E-state index in [1.807, 2.05) is 98.8 Å². The monoisotopic (exact) mass is 642 g/mol. The van der Waals surface area contributed by atoms with Gasteiger partial charge in [-0.25, -0.2) is 0 Å². The molecule has 3 N–H and O–H groups in total. The normalized spacial score (nSPS) is 15.9. The molecule has 0 radical (unpaired) electrons. The van der Waals surface area contributed by atoms with E-state index in [1.54, 1.807) is 14.1 Å². The lowest BCUT2D eigenvalue weighted by atomic mass is 9.94. The van der Waals surface area contributed by atoms with Crippen LogP contribution < -0.4 is 10.6 Å². The van der Waals surface area contributed by atoms with Crippen LogP contribution in [0.25, 0.3) is 11.1 Å². The van der Waals surface area contributed by atoms with Crippen molar-refractivity contribution in [2.24, 2.45) is 5.41 Å². The molecule has 3 unspecified atom stereocenters. The summed E-state index contributed by atoms with van der Waals surface area (Å²) in [6, 6.07) is 26.1. The molecule has 3 aromatic carbocycles. The minimum absolute atomic E-state index is 0.0949. The summed E-state index contributed by atoms with van der Waals surface area (Å²) in [5.41, 5.74) is 3.41. The van der Waals surface area contributed by atoms with Gasteiger partial charge in [0.1, 0.15) is 18.7 Å². The van der Waals surface area contributed by atoms with E-state index in [1.165, 1.54) is 9.80 Å². The smallest absolute Gasteiger partial charge is 0.249 e. The number of nitrogens with zero attached hydrogens (tertiary/aromatic N) is 2. The average molecular weight is 643 g/mol. The van der Waals surface area contributed by atoms with Crippen LogP contribution in [-0.4, -0.2) is 97.8 Å². The van der Waals surface area contributed by atoms with Gasteiger partial charge in [0.15, 0.2) is 0 Å². The Labute approximate surface area is 279 Å². The SMILES string of the molecule is CN(C(=O)COCC1CCCN1)C(Cc1ccc(-c2ccccc2)cc1)C(=O)N(C)C(Cc1ccccc1)C(=O)NCC(C)(C)CO. The zero-order valence-electron chi connectivity index (χ0n) is 28.2. The van der Waals surface area contributed by atoms with E-state index in [9.17, 15) is 19.5 Å². The van der Waals surface area contributed by atoms with Gasteiger partial charge in [0.05, 0.1) is 6.61 Å². The molecule has 0 spiro atoms. The van der Waals surface area contributed by atoms with Crippen LogP contribution in [0, 0.1) is 5.41 Å². The number of benzene rings is 3. The third-order valence-corrected chi connectivity index (χ3v) is 8.90. The standard InChI is InChI=1S/C38H50N4O5/c1-38(2,27-43)26-40-36(45)33(22-28-12-7-5-8-13-28)42(4)37(46)34(41(3)35(44)25-47-24-32-16-11-21-39-32)23-29-17-19-31(20-18-29)30-14-9-6-10-15-30/h5-10,12-15,17-20,32-34,39,43H,11,16,21-27H2,1-4H3,(H,40,45). The second-order valence-corrected chi connectivity index (χ2v) is 13.3. The van der Waals surface area contributed by atoms with Gasteiger partial charge in [-0.3, -0.25) is 14.4 Å². The van der Waals surface area contributed by atoms with Gasteiger partial charge in [-0.1, -0.05) is 98.8 Å². The van der Waals surface area contributed by atoms with Gasteiger partial charge >= 0.3 is 0 Å². The Kier molecular flexibility index (Phi) is 13.1. The van der Waals surface area contributed by atoms with Crippen molar-refractivity contribution in [1.29, 1.82) is 0 Å². The van der Waals surface area contributed by atoms with E-state index in [4.69, 9.17) is 4.74 Å². The molecule has 1 fully saturated rings. The maximum atomic E-state index is 14.4. The summed E-state index contributed by atoms with van der Waals surface area (Å²) in [4.78, 5) is 44.5. The summed E-state index contributed by atoms with van der Waals surface area (Å²) >= 11 is 0. The van der Waals surface area contributed by atoms with Gasteiger partial charge in [-0.2, -0.15) is 0 Å². The van der Waals surface area contributed by atoms with Gasteiger partial charge < -0.3 is 30.3 Å². The first-order valence-electron chi connectivity index (χ1n) is 16.5. The summed E-state index contributed by atoms with van der Waals surface area (Å²) in [5, 5.41) is 16.1. The summed E-state index contributed by atoms with van der Waals surface area (Å²) in [5.74, 6) is -0.967. The second-order valence-electron chi connectivity index (χ2n) is 13.3. The molecule has 9 nitrogen and oxygen atoms in total. The Morgan fingerprint density at radius 3 is 2.09 bits per heavy atom. The van der Waals surface area contributed by atoms with Crippen molar-refractivity contribution in [3.63, 3.8) is 0 Å². The minimum atomic E-state index is -0.872.